The van der Waals surface area contributed by atoms with Crippen molar-refractivity contribution in [3.8, 4) is 5.88 Å². The van der Waals surface area contributed by atoms with Crippen LogP contribution in [0, 0.1) is 5.92 Å². The van der Waals surface area contributed by atoms with Crippen LogP contribution < -0.4 is 4.74 Å². The summed E-state index contributed by atoms with van der Waals surface area (Å²) in [6.07, 6.45) is 7.43. The first-order chi connectivity index (χ1) is 10.2. The SMILES string of the molecule is COc1cccc(C(O)C2CCOC3(CCCCC3)C2)n1. The van der Waals surface area contributed by atoms with E-state index in [1.807, 2.05) is 18.2 Å². The average Bonchev–Trinajstić information content (AvgIpc) is 2.55. The summed E-state index contributed by atoms with van der Waals surface area (Å²) in [5.74, 6) is 0.794. The number of ether oxygens (including phenoxy) is 2. The van der Waals surface area contributed by atoms with Crippen LogP contribution in [0.4, 0.5) is 0 Å². The van der Waals surface area contributed by atoms with E-state index in [2.05, 4.69) is 4.98 Å². The zero-order valence-corrected chi connectivity index (χ0v) is 12.8. The zero-order chi connectivity index (χ0) is 14.7. The Morgan fingerprint density at radius 3 is 2.90 bits per heavy atom. The molecule has 0 amide bonds. The molecule has 1 aliphatic heterocycles. The predicted octanol–water partition coefficient (Wildman–Crippen LogP) is 3.25. The number of hydrogen-bond donors (Lipinski definition) is 1. The molecular weight excluding hydrogens is 266 g/mol. The third-order valence-corrected chi connectivity index (χ3v) is 5.00. The maximum atomic E-state index is 10.7. The smallest absolute Gasteiger partial charge is 0.213 e. The molecule has 4 heteroatoms. The summed E-state index contributed by atoms with van der Waals surface area (Å²) in [4.78, 5) is 4.39. The van der Waals surface area contributed by atoms with Crippen LogP contribution in [-0.4, -0.2) is 29.4 Å². The molecular formula is C17H25NO3. The Kier molecular flexibility index (Phi) is 4.45. The van der Waals surface area contributed by atoms with Crippen LogP contribution in [0.1, 0.15) is 56.7 Å². The molecule has 4 nitrogen and oxygen atoms in total. The van der Waals surface area contributed by atoms with Crippen molar-refractivity contribution in [1.29, 1.82) is 0 Å². The van der Waals surface area contributed by atoms with Crippen LogP contribution in [0.25, 0.3) is 0 Å². The van der Waals surface area contributed by atoms with Gasteiger partial charge in [0.2, 0.25) is 5.88 Å². The molecule has 116 valence electrons. The van der Waals surface area contributed by atoms with Gasteiger partial charge in [-0.3, -0.25) is 0 Å². The molecule has 1 saturated carbocycles. The lowest BCUT2D eigenvalue weighted by Crippen LogP contribution is -2.42. The Morgan fingerprint density at radius 1 is 1.33 bits per heavy atom. The van der Waals surface area contributed by atoms with Gasteiger partial charge in [0.25, 0.3) is 0 Å². The van der Waals surface area contributed by atoms with Gasteiger partial charge in [0.1, 0.15) is 0 Å². The first kappa shape index (κ1) is 14.8. The fraction of sp³-hybridized carbons (Fsp3) is 0.706. The zero-order valence-electron chi connectivity index (χ0n) is 12.8. The molecule has 0 bridgehead atoms. The molecule has 1 aromatic heterocycles. The summed E-state index contributed by atoms with van der Waals surface area (Å²) in [5, 5.41) is 10.7. The lowest BCUT2D eigenvalue weighted by molar-refractivity contribution is -0.134. The largest absolute Gasteiger partial charge is 0.481 e. The van der Waals surface area contributed by atoms with E-state index < -0.39 is 6.10 Å². The van der Waals surface area contributed by atoms with Gasteiger partial charge in [0.15, 0.2) is 0 Å². The van der Waals surface area contributed by atoms with Gasteiger partial charge in [-0.25, -0.2) is 4.98 Å². The number of nitrogens with zero attached hydrogens (tertiary/aromatic N) is 1. The first-order valence-corrected chi connectivity index (χ1v) is 8.05. The molecule has 0 radical (unpaired) electrons. The fourth-order valence-electron chi connectivity index (χ4n) is 3.83. The average molecular weight is 291 g/mol. The number of aliphatic hydroxyl groups is 1. The highest BCUT2D eigenvalue weighted by molar-refractivity contribution is 5.18. The van der Waals surface area contributed by atoms with Crippen LogP contribution in [0.5, 0.6) is 5.88 Å². The number of pyridine rings is 1. The summed E-state index contributed by atoms with van der Waals surface area (Å²) in [6.45, 7) is 0.756. The standard InChI is InChI=1S/C17H25NO3/c1-20-15-7-5-6-14(18-15)16(19)13-8-11-21-17(12-13)9-3-2-4-10-17/h5-7,13,16,19H,2-4,8-12H2,1H3. The summed E-state index contributed by atoms with van der Waals surface area (Å²) in [5.41, 5.74) is 0.730. The molecule has 2 heterocycles. The van der Waals surface area contributed by atoms with E-state index in [1.54, 1.807) is 7.11 Å². The molecule has 2 fully saturated rings. The number of rotatable bonds is 3. The van der Waals surface area contributed by atoms with Gasteiger partial charge in [0.05, 0.1) is 24.5 Å². The van der Waals surface area contributed by atoms with Gasteiger partial charge in [-0.05, 0) is 37.7 Å². The molecule has 2 atom stereocenters. The van der Waals surface area contributed by atoms with Crippen LogP contribution in [-0.2, 0) is 4.74 Å². The van der Waals surface area contributed by atoms with Gasteiger partial charge in [-0.2, -0.15) is 0 Å². The minimum absolute atomic E-state index is 0.0149. The first-order valence-electron chi connectivity index (χ1n) is 8.05. The molecule has 2 aliphatic rings. The Morgan fingerprint density at radius 2 is 2.14 bits per heavy atom. The second-order valence-corrected chi connectivity index (χ2v) is 6.39. The Hall–Kier alpha value is -1.13. The van der Waals surface area contributed by atoms with Crippen LogP contribution in [0.15, 0.2) is 18.2 Å². The van der Waals surface area contributed by atoms with E-state index >= 15 is 0 Å². The minimum atomic E-state index is -0.525. The second kappa shape index (κ2) is 6.32. The van der Waals surface area contributed by atoms with Crippen LogP contribution in [0.2, 0.25) is 0 Å². The van der Waals surface area contributed by atoms with E-state index in [0.29, 0.717) is 11.6 Å². The summed E-state index contributed by atoms with van der Waals surface area (Å²) in [7, 11) is 1.60. The Balaban J connectivity index is 1.72. The number of methoxy groups -OCH3 is 1. The molecule has 21 heavy (non-hydrogen) atoms. The topological polar surface area (TPSA) is 51.6 Å². The summed E-state index contributed by atoms with van der Waals surface area (Å²) in [6, 6.07) is 5.58. The molecule has 1 saturated heterocycles. The van der Waals surface area contributed by atoms with Gasteiger partial charge >= 0.3 is 0 Å². The van der Waals surface area contributed by atoms with Crippen LogP contribution in [0.3, 0.4) is 0 Å². The minimum Gasteiger partial charge on any atom is -0.481 e. The third-order valence-electron chi connectivity index (χ3n) is 5.00. The van der Waals surface area contributed by atoms with E-state index in [-0.39, 0.29) is 11.5 Å². The highest BCUT2D eigenvalue weighted by atomic mass is 16.5. The van der Waals surface area contributed by atoms with Gasteiger partial charge in [0, 0.05) is 12.7 Å². The van der Waals surface area contributed by atoms with Gasteiger partial charge < -0.3 is 14.6 Å². The molecule has 1 aliphatic carbocycles. The van der Waals surface area contributed by atoms with Crippen molar-refractivity contribution in [2.75, 3.05) is 13.7 Å². The maximum absolute atomic E-state index is 10.7. The van der Waals surface area contributed by atoms with E-state index in [4.69, 9.17) is 9.47 Å². The summed E-state index contributed by atoms with van der Waals surface area (Å²) < 4.78 is 11.3. The van der Waals surface area contributed by atoms with Crippen molar-refractivity contribution in [3.05, 3.63) is 23.9 Å². The lowest BCUT2D eigenvalue weighted by Gasteiger charge is -2.44. The van der Waals surface area contributed by atoms with Crippen molar-refractivity contribution in [2.24, 2.45) is 5.92 Å². The normalized spacial score (nSPS) is 26.5. The summed E-state index contributed by atoms with van der Waals surface area (Å²) >= 11 is 0. The predicted molar refractivity (Wildman–Crippen MR) is 80.2 cm³/mol. The monoisotopic (exact) mass is 291 g/mol. The highest BCUT2D eigenvalue weighted by Crippen LogP contribution is 2.44. The molecule has 1 aromatic rings. The Bertz CT molecular complexity index is 465. The van der Waals surface area contributed by atoms with Crippen molar-refractivity contribution in [2.45, 2.75) is 56.7 Å². The molecule has 0 aromatic carbocycles. The molecule has 1 N–H and O–H groups in total. The molecule has 1 spiro atoms. The number of aliphatic hydroxyl groups excluding tert-OH is 1. The number of hydrogen-bond acceptors (Lipinski definition) is 4. The third kappa shape index (κ3) is 3.22. The van der Waals surface area contributed by atoms with E-state index in [9.17, 15) is 5.11 Å². The fourth-order valence-corrected chi connectivity index (χ4v) is 3.83. The Labute approximate surface area is 126 Å². The maximum Gasteiger partial charge on any atom is 0.213 e. The molecule has 3 rings (SSSR count). The second-order valence-electron chi connectivity index (χ2n) is 6.39. The van der Waals surface area contributed by atoms with Crippen molar-refractivity contribution < 1.29 is 14.6 Å². The quantitative estimate of drug-likeness (QED) is 0.928. The van der Waals surface area contributed by atoms with E-state index in [0.717, 1.165) is 32.3 Å². The van der Waals surface area contributed by atoms with Gasteiger partial charge in [-0.15, -0.1) is 0 Å². The van der Waals surface area contributed by atoms with Crippen molar-refractivity contribution in [3.63, 3.8) is 0 Å². The van der Waals surface area contributed by atoms with Crippen LogP contribution >= 0.6 is 0 Å². The highest BCUT2D eigenvalue weighted by Gasteiger charge is 2.41. The number of aromatic nitrogens is 1. The molecule has 2 unspecified atom stereocenters. The van der Waals surface area contributed by atoms with E-state index in [1.165, 1.54) is 19.3 Å². The van der Waals surface area contributed by atoms with Crippen molar-refractivity contribution >= 4 is 0 Å². The van der Waals surface area contributed by atoms with Gasteiger partial charge in [-0.1, -0.05) is 25.3 Å². The van der Waals surface area contributed by atoms with Crippen molar-refractivity contribution in [1.82, 2.24) is 4.98 Å². The lowest BCUT2D eigenvalue weighted by atomic mass is 9.74.